The van der Waals surface area contributed by atoms with Crippen molar-refractivity contribution < 1.29 is 4.74 Å². The summed E-state index contributed by atoms with van der Waals surface area (Å²) < 4.78 is 5.35. The number of rotatable bonds is 4. The molecule has 1 unspecified atom stereocenters. The van der Waals surface area contributed by atoms with Crippen molar-refractivity contribution in [2.75, 3.05) is 7.11 Å². The molecule has 1 heterocycles. The fourth-order valence-corrected chi connectivity index (χ4v) is 2.03. The van der Waals surface area contributed by atoms with Crippen LogP contribution in [-0.2, 0) is 0 Å². The minimum Gasteiger partial charge on any atom is -0.496 e. The van der Waals surface area contributed by atoms with E-state index in [1.807, 2.05) is 44.2 Å². The number of benzene rings is 1. The molecule has 4 heteroatoms. The van der Waals surface area contributed by atoms with E-state index in [0.717, 1.165) is 17.0 Å². The van der Waals surface area contributed by atoms with Crippen molar-refractivity contribution in [3.05, 3.63) is 42.4 Å². The standard InChI is InChI=1S/C16H17N3O/c1-11(2)13(10-17)16-18-9-8-14(19-16)12-6-4-5-7-15(12)20-3/h4-9,11,13H,1-3H3. The molecule has 2 aromatic rings. The summed E-state index contributed by atoms with van der Waals surface area (Å²) in [6.07, 6.45) is 1.69. The number of methoxy groups -OCH3 is 1. The number of hydrogen-bond donors (Lipinski definition) is 0. The molecule has 0 bridgehead atoms. The fourth-order valence-electron chi connectivity index (χ4n) is 2.03. The molecular weight excluding hydrogens is 250 g/mol. The van der Waals surface area contributed by atoms with E-state index in [-0.39, 0.29) is 11.8 Å². The first-order valence-corrected chi connectivity index (χ1v) is 6.53. The number of ether oxygens (including phenoxy) is 1. The number of aromatic nitrogens is 2. The summed E-state index contributed by atoms with van der Waals surface area (Å²) in [6.45, 7) is 3.99. The Morgan fingerprint density at radius 2 is 1.95 bits per heavy atom. The van der Waals surface area contributed by atoms with Gasteiger partial charge in [0.05, 0.1) is 18.9 Å². The van der Waals surface area contributed by atoms with Crippen molar-refractivity contribution in [1.82, 2.24) is 9.97 Å². The highest BCUT2D eigenvalue weighted by atomic mass is 16.5. The van der Waals surface area contributed by atoms with Crippen LogP contribution in [0.5, 0.6) is 5.75 Å². The first-order chi connectivity index (χ1) is 9.67. The molecule has 4 nitrogen and oxygen atoms in total. The largest absolute Gasteiger partial charge is 0.496 e. The lowest BCUT2D eigenvalue weighted by atomic mass is 9.96. The van der Waals surface area contributed by atoms with Crippen LogP contribution in [0.25, 0.3) is 11.3 Å². The minimum atomic E-state index is -0.301. The van der Waals surface area contributed by atoms with Gasteiger partial charge in [-0.25, -0.2) is 9.97 Å². The fraction of sp³-hybridized carbons (Fsp3) is 0.312. The minimum absolute atomic E-state index is 0.174. The van der Waals surface area contributed by atoms with Crippen molar-refractivity contribution in [2.45, 2.75) is 19.8 Å². The topological polar surface area (TPSA) is 58.8 Å². The van der Waals surface area contributed by atoms with E-state index in [1.165, 1.54) is 0 Å². The number of para-hydroxylation sites is 1. The number of hydrogen-bond acceptors (Lipinski definition) is 4. The normalized spacial score (nSPS) is 11.9. The van der Waals surface area contributed by atoms with E-state index in [2.05, 4.69) is 16.0 Å². The first-order valence-electron chi connectivity index (χ1n) is 6.53. The summed E-state index contributed by atoms with van der Waals surface area (Å²) >= 11 is 0. The van der Waals surface area contributed by atoms with Crippen LogP contribution in [0.2, 0.25) is 0 Å². The van der Waals surface area contributed by atoms with E-state index >= 15 is 0 Å². The Labute approximate surface area is 119 Å². The van der Waals surface area contributed by atoms with Gasteiger partial charge in [-0.1, -0.05) is 26.0 Å². The van der Waals surface area contributed by atoms with Gasteiger partial charge in [0, 0.05) is 11.8 Å². The van der Waals surface area contributed by atoms with Crippen molar-refractivity contribution >= 4 is 0 Å². The zero-order valence-electron chi connectivity index (χ0n) is 11.9. The number of nitrogens with zero attached hydrogens (tertiary/aromatic N) is 3. The average molecular weight is 267 g/mol. The quantitative estimate of drug-likeness (QED) is 0.851. The summed E-state index contributed by atoms with van der Waals surface area (Å²) in [7, 11) is 1.63. The van der Waals surface area contributed by atoms with E-state index in [0.29, 0.717) is 5.82 Å². The molecule has 0 spiro atoms. The summed E-state index contributed by atoms with van der Waals surface area (Å²) in [5, 5.41) is 9.26. The van der Waals surface area contributed by atoms with Crippen LogP contribution >= 0.6 is 0 Å². The third kappa shape index (κ3) is 2.77. The maximum atomic E-state index is 9.26. The molecule has 0 saturated heterocycles. The zero-order valence-corrected chi connectivity index (χ0v) is 11.9. The summed E-state index contributed by atoms with van der Waals surface area (Å²) in [6, 6.07) is 11.8. The smallest absolute Gasteiger partial charge is 0.146 e. The lowest BCUT2D eigenvalue weighted by Gasteiger charge is -2.13. The maximum Gasteiger partial charge on any atom is 0.146 e. The summed E-state index contributed by atoms with van der Waals surface area (Å²) in [5.74, 6) is 1.19. The van der Waals surface area contributed by atoms with E-state index < -0.39 is 0 Å². The van der Waals surface area contributed by atoms with Crippen LogP contribution in [0.15, 0.2) is 36.5 Å². The second kappa shape index (κ2) is 6.16. The van der Waals surface area contributed by atoms with Crippen molar-refractivity contribution in [3.63, 3.8) is 0 Å². The lowest BCUT2D eigenvalue weighted by molar-refractivity contribution is 0.416. The molecule has 1 aromatic carbocycles. The van der Waals surface area contributed by atoms with E-state index in [9.17, 15) is 5.26 Å². The molecule has 0 aliphatic heterocycles. The van der Waals surface area contributed by atoms with Gasteiger partial charge in [0.15, 0.2) is 0 Å². The van der Waals surface area contributed by atoms with Crippen LogP contribution in [0, 0.1) is 17.2 Å². The van der Waals surface area contributed by atoms with E-state index in [4.69, 9.17) is 4.74 Å². The van der Waals surface area contributed by atoms with E-state index in [1.54, 1.807) is 13.3 Å². The van der Waals surface area contributed by atoms with Crippen LogP contribution in [0.1, 0.15) is 25.6 Å². The molecule has 0 aliphatic rings. The molecule has 0 N–H and O–H groups in total. The predicted octanol–water partition coefficient (Wildman–Crippen LogP) is 3.42. The van der Waals surface area contributed by atoms with Crippen molar-refractivity contribution in [1.29, 1.82) is 5.26 Å². The zero-order chi connectivity index (χ0) is 14.5. The summed E-state index contributed by atoms with van der Waals surface area (Å²) in [4.78, 5) is 8.77. The Balaban J connectivity index is 2.47. The highest BCUT2D eigenvalue weighted by molar-refractivity contribution is 5.66. The maximum absolute atomic E-state index is 9.26. The second-order valence-electron chi connectivity index (χ2n) is 4.85. The lowest BCUT2D eigenvalue weighted by Crippen LogP contribution is -2.09. The molecule has 1 atom stereocenters. The molecular formula is C16H17N3O. The molecule has 20 heavy (non-hydrogen) atoms. The van der Waals surface area contributed by atoms with Crippen LogP contribution in [-0.4, -0.2) is 17.1 Å². The van der Waals surface area contributed by atoms with Crippen molar-refractivity contribution in [3.8, 4) is 23.1 Å². The Morgan fingerprint density at radius 3 is 2.60 bits per heavy atom. The average Bonchev–Trinajstić information content (AvgIpc) is 2.48. The molecule has 0 amide bonds. The second-order valence-corrected chi connectivity index (χ2v) is 4.85. The van der Waals surface area contributed by atoms with Gasteiger partial charge in [-0.15, -0.1) is 0 Å². The third-order valence-corrected chi connectivity index (χ3v) is 3.14. The number of nitriles is 1. The summed E-state index contributed by atoms with van der Waals surface area (Å²) in [5.41, 5.74) is 1.67. The molecule has 102 valence electrons. The third-order valence-electron chi connectivity index (χ3n) is 3.14. The highest BCUT2D eigenvalue weighted by Crippen LogP contribution is 2.29. The van der Waals surface area contributed by atoms with Gasteiger partial charge in [0.2, 0.25) is 0 Å². The Hall–Kier alpha value is -2.41. The predicted molar refractivity (Wildman–Crippen MR) is 77.2 cm³/mol. The molecule has 0 saturated carbocycles. The van der Waals surface area contributed by atoms with Gasteiger partial charge in [0.1, 0.15) is 17.5 Å². The van der Waals surface area contributed by atoms with Crippen molar-refractivity contribution in [2.24, 2.45) is 5.92 Å². The Bertz CT molecular complexity index is 632. The Kier molecular flexibility index (Phi) is 4.31. The SMILES string of the molecule is COc1ccccc1-c1ccnc(C(C#N)C(C)C)n1. The Morgan fingerprint density at radius 1 is 1.20 bits per heavy atom. The van der Waals surface area contributed by atoms with Gasteiger partial charge in [-0.3, -0.25) is 0 Å². The molecule has 0 fully saturated rings. The highest BCUT2D eigenvalue weighted by Gasteiger charge is 2.19. The van der Waals surface area contributed by atoms with Crippen LogP contribution < -0.4 is 4.74 Å². The molecule has 0 radical (unpaired) electrons. The molecule has 0 aliphatic carbocycles. The van der Waals surface area contributed by atoms with Crippen LogP contribution in [0.4, 0.5) is 0 Å². The van der Waals surface area contributed by atoms with Gasteiger partial charge in [-0.05, 0) is 24.1 Å². The first kappa shape index (κ1) is 14.0. The van der Waals surface area contributed by atoms with Gasteiger partial charge in [-0.2, -0.15) is 5.26 Å². The molecule has 1 aromatic heterocycles. The van der Waals surface area contributed by atoms with Gasteiger partial charge in [0.25, 0.3) is 0 Å². The monoisotopic (exact) mass is 267 g/mol. The molecule has 2 rings (SSSR count). The van der Waals surface area contributed by atoms with Gasteiger partial charge < -0.3 is 4.74 Å². The van der Waals surface area contributed by atoms with Crippen LogP contribution in [0.3, 0.4) is 0 Å². The van der Waals surface area contributed by atoms with Gasteiger partial charge >= 0.3 is 0 Å².